The molecule has 1 saturated carbocycles. The molecular formula is C9H9BrN2O2. The van der Waals surface area contributed by atoms with Crippen molar-refractivity contribution in [3.8, 4) is 5.75 Å². The second-order valence-electron chi connectivity index (χ2n) is 3.19. The minimum Gasteiger partial charge on any atom is -0.489 e. The average molecular weight is 257 g/mol. The van der Waals surface area contributed by atoms with Crippen LogP contribution < -0.4 is 10.5 Å². The first kappa shape index (κ1) is 9.45. The number of hydrogen-bond donors (Lipinski definition) is 1. The maximum atomic E-state index is 11.0. The summed E-state index contributed by atoms with van der Waals surface area (Å²) in [4.78, 5) is 14.9. The monoisotopic (exact) mass is 256 g/mol. The Kier molecular flexibility index (Phi) is 2.41. The molecule has 0 aromatic carbocycles. The van der Waals surface area contributed by atoms with E-state index >= 15 is 0 Å². The summed E-state index contributed by atoms with van der Waals surface area (Å²) >= 11 is 3.15. The number of carbonyl (C=O) groups excluding carboxylic acids is 1. The Balaban J connectivity index is 2.24. The third-order valence-electron chi connectivity index (χ3n) is 1.91. The number of rotatable bonds is 3. The minimum atomic E-state index is -0.509. The summed E-state index contributed by atoms with van der Waals surface area (Å²) in [6.45, 7) is 0. The molecule has 1 amide bonds. The Morgan fingerprint density at radius 2 is 2.36 bits per heavy atom. The first-order valence-electron chi connectivity index (χ1n) is 4.29. The zero-order valence-corrected chi connectivity index (χ0v) is 8.95. The summed E-state index contributed by atoms with van der Waals surface area (Å²) in [7, 11) is 0. The van der Waals surface area contributed by atoms with Gasteiger partial charge in [-0.25, -0.2) is 4.98 Å². The van der Waals surface area contributed by atoms with Gasteiger partial charge in [-0.2, -0.15) is 0 Å². The van der Waals surface area contributed by atoms with Gasteiger partial charge in [0.1, 0.15) is 10.4 Å². The fraction of sp³-hybridized carbons (Fsp3) is 0.333. The molecule has 14 heavy (non-hydrogen) atoms. The van der Waals surface area contributed by atoms with Gasteiger partial charge in [-0.3, -0.25) is 4.79 Å². The van der Waals surface area contributed by atoms with Gasteiger partial charge in [0.2, 0.25) is 0 Å². The molecule has 0 bridgehead atoms. The summed E-state index contributed by atoms with van der Waals surface area (Å²) in [5.74, 6) is 0.0927. The fourth-order valence-electron chi connectivity index (χ4n) is 1.04. The summed E-state index contributed by atoms with van der Waals surface area (Å²) in [5, 5.41) is 0. The van der Waals surface area contributed by atoms with E-state index in [1.54, 1.807) is 12.3 Å². The van der Waals surface area contributed by atoms with Crippen LogP contribution in [0.15, 0.2) is 16.9 Å². The van der Waals surface area contributed by atoms with Gasteiger partial charge in [-0.1, -0.05) is 0 Å². The molecule has 0 saturated heterocycles. The molecule has 5 heteroatoms. The highest BCUT2D eigenvalue weighted by atomic mass is 79.9. The number of nitrogens with two attached hydrogens (primary N) is 1. The van der Waals surface area contributed by atoms with E-state index in [4.69, 9.17) is 10.5 Å². The number of hydrogen-bond acceptors (Lipinski definition) is 3. The molecule has 1 heterocycles. The van der Waals surface area contributed by atoms with Gasteiger partial charge >= 0.3 is 0 Å². The van der Waals surface area contributed by atoms with Crippen molar-refractivity contribution in [1.82, 2.24) is 4.98 Å². The molecule has 0 radical (unpaired) electrons. The Labute approximate surface area is 89.6 Å². The number of primary amides is 1. The summed E-state index contributed by atoms with van der Waals surface area (Å²) < 4.78 is 5.93. The zero-order chi connectivity index (χ0) is 10.1. The molecule has 74 valence electrons. The maximum absolute atomic E-state index is 11.0. The van der Waals surface area contributed by atoms with E-state index in [1.807, 2.05) is 0 Å². The molecule has 0 spiro atoms. The molecule has 1 aliphatic rings. The first-order chi connectivity index (χ1) is 6.66. The quantitative estimate of drug-likeness (QED) is 0.834. The van der Waals surface area contributed by atoms with Gasteiger partial charge in [0.25, 0.3) is 5.91 Å². The van der Waals surface area contributed by atoms with Gasteiger partial charge in [-0.15, -0.1) is 0 Å². The van der Waals surface area contributed by atoms with Crippen molar-refractivity contribution in [3.63, 3.8) is 0 Å². The number of nitrogens with zero attached hydrogens (tertiary/aromatic N) is 1. The van der Waals surface area contributed by atoms with Crippen LogP contribution in [0.1, 0.15) is 23.2 Å². The second kappa shape index (κ2) is 3.57. The van der Waals surface area contributed by atoms with Gasteiger partial charge in [0.05, 0.1) is 17.9 Å². The number of ether oxygens (including phenoxy) is 1. The summed E-state index contributed by atoms with van der Waals surface area (Å²) in [6, 6.07) is 1.61. The maximum Gasteiger partial charge on any atom is 0.251 e. The standard InChI is InChI=1S/C9H9BrN2O2/c10-8-7(9(11)13)3-6(4-12-8)14-5-1-2-5/h3-5H,1-2H2,(H2,11,13). The van der Waals surface area contributed by atoms with Crippen LogP contribution in [0.5, 0.6) is 5.75 Å². The van der Waals surface area contributed by atoms with Crippen molar-refractivity contribution in [2.45, 2.75) is 18.9 Å². The Morgan fingerprint density at radius 3 is 2.93 bits per heavy atom. The third-order valence-corrected chi connectivity index (χ3v) is 2.54. The van der Waals surface area contributed by atoms with Crippen molar-refractivity contribution < 1.29 is 9.53 Å². The van der Waals surface area contributed by atoms with Crippen LogP contribution in [0.3, 0.4) is 0 Å². The SMILES string of the molecule is NC(=O)c1cc(OC2CC2)cnc1Br. The Bertz CT molecular complexity index is 377. The molecule has 0 unspecified atom stereocenters. The molecule has 4 nitrogen and oxygen atoms in total. The van der Waals surface area contributed by atoms with E-state index in [2.05, 4.69) is 20.9 Å². The Hall–Kier alpha value is -1.10. The average Bonchev–Trinajstić information content (AvgIpc) is 2.92. The highest BCUT2D eigenvalue weighted by molar-refractivity contribution is 9.10. The smallest absolute Gasteiger partial charge is 0.251 e. The predicted molar refractivity (Wildman–Crippen MR) is 54.1 cm³/mol. The number of aromatic nitrogens is 1. The van der Waals surface area contributed by atoms with Crippen molar-refractivity contribution >= 4 is 21.8 Å². The van der Waals surface area contributed by atoms with E-state index in [0.717, 1.165) is 12.8 Å². The number of amides is 1. The summed E-state index contributed by atoms with van der Waals surface area (Å²) in [5.41, 5.74) is 5.52. The van der Waals surface area contributed by atoms with Gasteiger partial charge < -0.3 is 10.5 Å². The van der Waals surface area contributed by atoms with E-state index in [0.29, 0.717) is 22.0 Å². The molecule has 1 aromatic rings. The highest BCUT2D eigenvalue weighted by Crippen LogP contribution is 2.28. The predicted octanol–water partition coefficient (Wildman–Crippen LogP) is 1.48. The molecule has 0 atom stereocenters. The zero-order valence-electron chi connectivity index (χ0n) is 7.37. The second-order valence-corrected chi connectivity index (χ2v) is 3.94. The van der Waals surface area contributed by atoms with E-state index in [9.17, 15) is 4.79 Å². The van der Waals surface area contributed by atoms with Gasteiger partial charge in [-0.05, 0) is 34.8 Å². The number of carbonyl (C=O) groups is 1. The van der Waals surface area contributed by atoms with Crippen LogP contribution in [0.2, 0.25) is 0 Å². The van der Waals surface area contributed by atoms with Gasteiger partial charge in [0, 0.05) is 0 Å². The van der Waals surface area contributed by atoms with Crippen molar-refractivity contribution in [3.05, 3.63) is 22.4 Å². The molecule has 1 aliphatic carbocycles. The van der Waals surface area contributed by atoms with Crippen LogP contribution in [0.4, 0.5) is 0 Å². The fourth-order valence-corrected chi connectivity index (χ4v) is 1.46. The lowest BCUT2D eigenvalue weighted by Gasteiger charge is -2.05. The number of halogens is 1. The van der Waals surface area contributed by atoms with E-state index in [-0.39, 0.29) is 0 Å². The molecule has 0 aliphatic heterocycles. The largest absolute Gasteiger partial charge is 0.489 e. The highest BCUT2D eigenvalue weighted by Gasteiger charge is 2.24. The topological polar surface area (TPSA) is 65.2 Å². The lowest BCUT2D eigenvalue weighted by molar-refractivity contribution is 0.0998. The molecule has 1 aromatic heterocycles. The van der Waals surface area contributed by atoms with Crippen LogP contribution in [-0.4, -0.2) is 17.0 Å². The summed E-state index contributed by atoms with van der Waals surface area (Å²) in [6.07, 6.45) is 4.01. The van der Waals surface area contributed by atoms with Crippen molar-refractivity contribution in [1.29, 1.82) is 0 Å². The van der Waals surface area contributed by atoms with Crippen LogP contribution in [0.25, 0.3) is 0 Å². The first-order valence-corrected chi connectivity index (χ1v) is 5.08. The van der Waals surface area contributed by atoms with E-state index < -0.39 is 5.91 Å². The van der Waals surface area contributed by atoms with Crippen LogP contribution in [0, 0.1) is 0 Å². The van der Waals surface area contributed by atoms with Crippen LogP contribution >= 0.6 is 15.9 Å². The number of pyridine rings is 1. The molecule has 1 fully saturated rings. The molecule has 2 N–H and O–H groups in total. The lowest BCUT2D eigenvalue weighted by atomic mass is 10.3. The molecular weight excluding hydrogens is 248 g/mol. The lowest BCUT2D eigenvalue weighted by Crippen LogP contribution is -2.12. The Morgan fingerprint density at radius 1 is 1.64 bits per heavy atom. The van der Waals surface area contributed by atoms with E-state index in [1.165, 1.54) is 0 Å². The van der Waals surface area contributed by atoms with Gasteiger partial charge in [0.15, 0.2) is 0 Å². The van der Waals surface area contributed by atoms with Crippen LogP contribution in [-0.2, 0) is 0 Å². The minimum absolute atomic E-state index is 0.290. The third kappa shape index (κ3) is 2.04. The molecule has 2 rings (SSSR count). The van der Waals surface area contributed by atoms with Crippen molar-refractivity contribution in [2.24, 2.45) is 5.73 Å². The normalized spacial score (nSPS) is 15.2. The van der Waals surface area contributed by atoms with Crippen molar-refractivity contribution in [2.75, 3.05) is 0 Å².